The molecule has 14 heavy (non-hydrogen) atoms. The highest BCUT2D eigenvalue weighted by Gasteiger charge is 2.32. The maximum absolute atomic E-state index is 10.1. The first-order chi connectivity index (χ1) is 6.68. The second kappa shape index (κ2) is 3.96. The molecular formula is C10H15NO2S. The summed E-state index contributed by atoms with van der Waals surface area (Å²) in [5, 5.41) is 13.0. The number of thiazole rings is 1. The number of aliphatic hydroxyl groups excluding tert-OH is 1. The number of aliphatic hydroxyl groups is 1. The molecule has 3 atom stereocenters. The summed E-state index contributed by atoms with van der Waals surface area (Å²) in [5.41, 5.74) is 0.801. The van der Waals surface area contributed by atoms with Gasteiger partial charge in [0.1, 0.15) is 6.10 Å². The van der Waals surface area contributed by atoms with E-state index in [1.54, 1.807) is 11.3 Å². The van der Waals surface area contributed by atoms with Crippen molar-refractivity contribution in [2.45, 2.75) is 32.5 Å². The van der Waals surface area contributed by atoms with Crippen molar-refractivity contribution in [1.29, 1.82) is 0 Å². The molecule has 3 unspecified atom stereocenters. The lowest BCUT2D eigenvalue weighted by atomic mass is 9.94. The van der Waals surface area contributed by atoms with Crippen LogP contribution in [-0.2, 0) is 4.74 Å². The van der Waals surface area contributed by atoms with Crippen molar-refractivity contribution in [1.82, 2.24) is 4.98 Å². The number of aromatic nitrogens is 1. The molecule has 0 bridgehead atoms. The van der Waals surface area contributed by atoms with Crippen molar-refractivity contribution in [3.63, 3.8) is 0 Å². The molecule has 0 aliphatic carbocycles. The Bertz CT molecular complexity index is 313. The van der Waals surface area contributed by atoms with Gasteiger partial charge in [0.25, 0.3) is 0 Å². The summed E-state index contributed by atoms with van der Waals surface area (Å²) >= 11 is 1.58. The molecule has 0 radical (unpaired) electrons. The van der Waals surface area contributed by atoms with Crippen LogP contribution in [0, 0.1) is 12.8 Å². The normalized spacial score (nSPS) is 29.4. The van der Waals surface area contributed by atoms with Gasteiger partial charge in [0.05, 0.1) is 16.8 Å². The molecule has 78 valence electrons. The largest absolute Gasteiger partial charge is 0.386 e. The van der Waals surface area contributed by atoms with Gasteiger partial charge in [0.15, 0.2) is 0 Å². The van der Waals surface area contributed by atoms with Crippen LogP contribution in [0.25, 0.3) is 0 Å². The lowest BCUT2D eigenvalue weighted by molar-refractivity contribution is 0.0413. The zero-order valence-electron chi connectivity index (χ0n) is 8.43. The van der Waals surface area contributed by atoms with E-state index in [0.717, 1.165) is 23.7 Å². The first-order valence-electron chi connectivity index (χ1n) is 4.90. The Morgan fingerprint density at radius 1 is 1.71 bits per heavy atom. The van der Waals surface area contributed by atoms with Crippen LogP contribution in [0.1, 0.15) is 30.2 Å². The minimum absolute atomic E-state index is 0.145. The van der Waals surface area contributed by atoms with Gasteiger partial charge in [-0.05, 0) is 20.3 Å². The van der Waals surface area contributed by atoms with Crippen LogP contribution in [0.3, 0.4) is 0 Å². The summed E-state index contributed by atoms with van der Waals surface area (Å²) in [7, 11) is 0. The number of aryl methyl sites for hydroxylation is 1. The fourth-order valence-electron chi connectivity index (χ4n) is 1.90. The Morgan fingerprint density at radius 3 is 3.00 bits per heavy atom. The number of nitrogens with zero attached hydrogens (tertiary/aromatic N) is 1. The molecule has 1 N–H and O–H groups in total. The van der Waals surface area contributed by atoms with Gasteiger partial charge in [0, 0.05) is 17.9 Å². The number of hydrogen-bond acceptors (Lipinski definition) is 4. The SMILES string of the molecule is Cc1nc(C(O)C2CCOC2C)cs1. The highest BCUT2D eigenvalue weighted by atomic mass is 32.1. The van der Waals surface area contributed by atoms with Gasteiger partial charge < -0.3 is 9.84 Å². The summed E-state index contributed by atoms with van der Waals surface area (Å²) in [6.07, 6.45) is 0.614. The van der Waals surface area contributed by atoms with Crippen molar-refractivity contribution in [2.24, 2.45) is 5.92 Å². The quantitative estimate of drug-likeness (QED) is 0.816. The lowest BCUT2D eigenvalue weighted by Gasteiger charge is -2.18. The van der Waals surface area contributed by atoms with E-state index in [1.165, 1.54) is 0 Å². The summed E-state index contributed by atoms with van der Waals surface area (Å²) in [4.78, 5) is 4.30. The predicted molar refractivity (Wildman–Crippen MR) is 55.3 cm³/mol. The molecule has 1 aromatic rings. The van der Waals surface area contributed by atoms with Gasteiger partial charge in [-0.3, -0.25) is 0 Å². The molecule has 4 heteroatoms. The van der Waals surface area contributed by atoms with E-state index in [9.17, 15) is 5.11 Å². The first-order valence-corrected chi connectivity index (χ1v) is 5.78. The monoisotopic (exact) mass is 213 g/mol. The smallest absolute Gasteiger partial charge is 0.102 e. The average Bonchev–Trinajstić information content (AvgIpc) is 2.73. The number of hydrogen-bond donors (Lipinski definition) is 1. The number of ether oxygens (including phenoxy) is 1. The molecule has 1 fully saturated rings. The molecule has 0 amide bonds. The van der Waals surface area contributed by atoms with E-state index in [0.29, 0.717) is 0 Å². The molecule has 1 saturated heterocycles. The highest BCUT2D eigenvalue weighted by Crippen LogP contribution is 2.33. The molecule has 0 aromatic carbocycles. The third-order valence-corrected chi connectivity index (χ3v) is 3.57. The molecule has 0 saturated carbocycles. The molecule has 0 spiro atoms. The zero-order chi connectivity index (χ0) is 10.1. The van der Waals surface area contributed by atoms with Gasteiger partial charge in [-0.15, -0.1) is 11.3 Å². The minimum atomic E-state index is -0.461. The maximum atomic E-state index is 10.1. The van der Waals surface area contributed by atoms with E-state index < -0.39 is 6.10 Å². The van der Waals surface area contributed by atoms with Crippen molar-refractivity contribution in [3.8, 4) is 0 Å². The Hall–Kier alpha value is -0.450. The van der Waals surface area contributed by atoms with Crippen LogP contribution < -0.4 is 0 Å². The third-order valence-electron chi connectivity index (χ3n) is 2.78. The maximum Gasteiger partial charge on any atom is 0.102 e. The van der Waals surface area contributed by atoms with Crippen LogP contribution in [0.2, 0.25) is 0 Å². The number of rotatable bonds is 2. The Kier molecular flexibility index (Phi) is 2.85. The van der Waals surface area contributed by atoms with E-state index in [1.807, 2.05) is 19.2 Å². The summed E-state index contributed by atoms with van der Waals surface area (Å²) in [5.74, 6) is 0.205. The Morgan fingerprint density at radius 2 is 2.50 bits per heavy atom. The van der Waals surface area contributed by atoms with Crippen LogP contribution in [0.5, 0.6) is 0 Å². The molecule has 2 rings (SSSR count). The topological polar surface area (TPSA) is 42.4 Å². The Balaban J connectivity index is 2.11. The predicted octanol–water partition coefficient (Wildman–Crippen LogP) is 1.91. The summed E-state index contributed by atoms with van der Waals surface area (Å²) in [6.45, 7) is 4.72. The van der Waals surface area contributed by atoms with Gasteiger partial charge in [-0.25, -0.2) is 4.98 Å². The molecule has 1 aliphatic heterocycles. The van der Waals surface area contributed by atoms with Crippen LogP contribution in [-0.4, -0.2) is 22.8 Å². The average molecular weight is 213 g/mol. The van der Waals surface area contributed by atoms with E-state index in [4.69, 9.17) is 4.74 Å². The van der Waals surface area contributed by atoms with Crippen molar-refractivity contribution in [2.75, 3.05) is 6.61 Å². The third kappa shape index (κ3) is 1.82. The van der Waals surface area contributed by atoms with Crippen LogP contribution in [0.15, 0.2) is 5.38 Å². The zero-order valence-corrected chi connectivity index (χ0v) is 9.25. The molecule has 3 nitrogen and oxygen atoms in total. The second-order valence-electron chi connectivity index (χ2n) is 3.76. The first kappa shape index (κ1) is 10.1. The standard InChI is InChI=1S/C10H15NO2S/c1-6-8(3-4-13-6)10(12)9-5-14-7(2)11-9/h5-6,8,10,12H,3-4H2,1-2H3. The van der Waals surface area contributed by atoms with Gasteiger partial charge in [0.2, 0.25) is 0 Å². The minimum Gasteiger partial charge on any atom is -0.386 e. The molecular weight excluding hydrogens is 198 g/mol. The van der Waals surface area contributed by atoms with Gasteiger partial charge >= 0.3 is 0 Å². The highest BCUT2D eigenvalue weighted by molar-refractivity contribution is 7.09. The van der Waals surface area contributed by atoms with Crippen LogP contribution in [0.4, 0.5) is 0 Å². The molecule has 1 aliphatic rings. The molecule has 2 heterocycles. The fourth-order valence-corrected chi connectivity index (χ4v) is 2.54. The van der Waals surface area contributed by atoms with Gasteiger partial charge in [-0.2, -0.15) is 0 Å². The van der Waals surface area contributed by atoms with Gasteiger partial charge in [-0.1, -0.05) is 0 Å². The summed E-state index contributed by atoms with van der Waals surface area (Å²) < 4.78 is 5.43. The van der Waals surface area contributed by atoms with Crippen molar-refractivity contribution < 1.29 is 9.84 Å². The second-order valence-corrected chi connectivity index (χ2v) is 4.83. The summed E-state index contributed by atoms with van der Waals surface area (Å²) in [6, 6.07) is 0. The van der Waals surface area contributed by atoms with E-state index in [-0.39, 0.29) is 12.0 Å². The molecule has 1 aromatic heterocycles. The van der Waals surface area contributed by atoms with E-state index in [2.05, 4.69) is 4.98 Å². The lowest BCUT2D eigenvalue weighted by Crippen LogP contribution is -2.20. The Labute approximate surface area is 87.7 Å². The fraction of sp³-hybridized carbons (Fsp3) is 0.700. The van der Waals surface area contributed by atoms with Crippen LogP contribution >= 0.6 is 11.3 Å². The van der Waals surface area contributed by atoms with Crippen molar-refractivity contribution in [3.05, 3.63) is 16.1 Å². The van der Waals surface area contributed by atoms with Crippen molar-refractivity contribution >= 4 is 11.3 Å². The van der Waals surface area contributed by atoms with E-state index >= 15 is 0 Å².